The van der Waals surface area contributed by atoms with Gasteiger partial charge in [-0.15, -0.1) is 0 Å². The van der Waals surface area contributed by atoms with Crippen LogP contribution in [0.3, 0.4) is 0 Å². The standard InChI is InChI=1S/C20H21FN4O2/c1-13(2)25-18(10-11-22-25)17-12-16(8-9-19(17)27-3)24-20(26)23-15-6-4-14(21)5-7-15/h4-13H,1-3H3,(H2,23,24,26). The number of ether oxygens (including phenoxy) is 1. The van der Waals surface area contributed by atoms with E-state index in [-0.39, 0.29) is 11.9 Å². The molecule has 3 aromatic rings. The first kappa shape index (κ1) is 18.4. The number of anilines is 2. The Morgan fingerprint density at radius 2 is 1.74 bits per heavy atom. The lowest BCUT2D eigenvalue weighted by Gasteiger charge is -2.15. The molecule has 0 aliphatic carbocycles. The number of aromatic nitrogens is 2. The number of hydrogen-bond donors (Lipinski definition) is 2. The first-order valence-electron chi connectivity index (χ1n) is 8.53. The summed E-state index contributed by atoms with van der Waals surface area (Å²) in [5, 5.41) is 9.79. The highest BCUT2D eigenvalue weighted by Crippen LogP contribution is 2.33. The number of amides is 2. The highest BCUT2D eigenvalue weighted by atomic mass is 19.1. The molecule has 27 heavy (non-hydrogen) atoms. The highest BCUT2D eigenvalue weighted by molar-refractivity contribution is 6.00. The van der Waals surface area contributed by atoms with E-state index in [1.54, 1.807) is 25.4 Å². The summed E-state index contributed by atoms with van der Waals surface area (Å²) in [6.07, 6.45) is 1.73. The van der Waals surface area contributed by atoms with Crippen LogP contribution in [0.15, 0.2) is 54.7 Å². The fraction of sp³-hybridized carbons (Fsp3) is 0.200. The minimum atomic E-state index is -0.421. The van der Waals surface area contributed by atoms with Crippen molar-refractivity contribution in [3.63, 3.8) is 0 Å². The van der Waals surface area contributed by atoms with Gasteiger partial charge < -0.3 is 15.4 Å². The first-order valence-corrected chi connectivity index (χ1v) is 8.53. The third-order valence-corrected chi connectivity index (χ3v) is 3.99. The quantitative estimate of drug-likeness (QED) is 0.671. The predicted molar refractivity (Wildman–Crippen MR) is 104 cm³/mol. The molecule has 0 atom stereocenters. The number of urea groups is 1. The molecule has 3 rings (SSSR count). The second-order valence-electron chi connectivity index (χ2n) is 6.26. The van der Waals surface area contributed by atoms with Gasteiger partial charge >= 0.3 is 6.03 Å². The molecule has 0 saturated heterocycles. The van der Waals surface area contributed by atoms with E-state index in [1.165, 1.54) is 24.3 Å². The minimum Gasteiger partial charge on any atom is -0.496 e. The Bertz CT molecular complexity index is 935. The normalized spacial score (nSPS) is 10.7. The second-order valence-corrected chi connectivity index (χ2v) is 6.26. The number of carbonyl (C=O) groups is 1. The molecule has 0 bridgehead atoms. The van der Waals surface area contributed by atoms with Crippen LogP contribution in [-0.2, 0) is 0 Å². The third kappa shape index (κ3) is 4.25. The van der Waals surface area contributed by atoms with E-state index in [0.29, 0.717) is 17.1 Å². The van der Waals surface area contributed by atoms with Crippen LogP contribution in [0, 0.1) is 5.82 Å². The molecule has 140 valence electrons. The van der Waals surface area contributed by atoms with Crippen LogP contribution < -0.4 is 15.4 Å². The van der Waals surface area contributed by atoms with Crippen LogP contribution in [0.2, 0.25) is 0 Å². The SMILES string of the molecule is COc1ccc(NC(=O)Nc2ccc(F)cc2)cc1-c1ccnn1C(C)C. The summed E-state index contributed by atoms with van der Waals surface area (Å²) >= 11 is 0. The van der Waals surface area contributed by atoms with Gasteiger partial charge in [0.05, 0.1) is 12.8 Å². The zero-order chi connectivity index (χ0) is 19.4. The molecule has 1 aromatic heterocycles. The van der Waals surface area contributed by atoms with E-state index >= 15 is 0 Å². The fourth-order valence-electron chi connectivity index (χ4n) is 2.75. The lowest BCUT2D eigenvalue weighted by molar-refractivity contribution is 0.262. The number of benzene rings is 2. The molecule has 7 heteroatoms. The zero-order valence-corrected chi connectivity index (χ0v) is 15.4. The molecule has 2 N–H and O–H groups in total. The van der Waals surface area contributed by atoms with E-state index in [4.69, 9.17) is 4.74 Å². The summed E-state index contributed by atoms with van der Waals surface area (Å²) < 4.78 is 20.3. The van der Waals surface area contributed by atoms with Gasteiger partial charge in [0.15, 0.2) is 0 Å². The van der Waals surface area contributed by atoms with E-state index in [1.807, 2.05) is 30.7 Å². The Morgan fingerprint density at radius 1 is 1.07 bits per heavy atom. The molecular formula is C20H21FN4O2. The third-order valence-electron chi connectivity index (χ3n) is 3.99. The lowest BCUT2D eigenvalue weighted by Crippen LogP contribution is -2.19. The summed E-state index contributed by atoms with van der Waals surface area (Å²) in [6, 6.07) is 12.6. The Kier molecular flexibility index (Phi) is 5.40. The van der Waals surface area contributed by atoms with Crippen LogP contribution in [-0.4, -0.2) is 22.9 Å². The van der Waals surface area contributed by atoms with Gasteiger partial charge in [-0.05, 0) is 62.4 Å². The Morgan fingerprint density at radius 3 is 2.41 bits per heavy atom. The predicted octanol–water partition coefficient (Wildman–Crippen LogP) is 4.92. The monoisotopic (exact) mass is 368 g/mol. The van der Waals surface area contributed by atoms with E-state index in [9.17, 15) is 9.18 Å². The summed E-state index contributed by atoms with van der Waals surface area (Å²) in [5.41, 5.74) is 2.81. The average Bonchev–Trinajstić information content (AvgIpc) is 3.13. The van der Waals surface area contributed by atoms with Gasteiger partial charge in [0, 0.05) is 29.2 Å². The van der Waals surface area contributed by atoms with Crippen molar-refractivity contribution in [2.45, 2.75) is 19.9 Å². The van der Waals surface area contributed by atoms with Crippen molar-refractivity contribution >= 4 is 17.4 Å². The highest BCUT2D eigenvalue weighted by Gasteiger charge is 2.14. The lowest BCUT2D eigenvalue weighted by atomic mass is 10.1. The van der Waals surface area contributed by atoms with Crippen molar-refractivity contribution in [3.05, 3.63) is 60.5 Å². The molecule has 0 spiro atoms. The molecule has 0 fully saturated rings. The number of halogens is 1. The molecule has 6 nitrogen and oxygen atoms in total. The summed E-state index contributed by atoms with van der Waals surface area (Å²) in [7, 11) is 1.60. The van der Waals surface area contributed by atoms with E-state index in [2.05, 4.69) is 15.7 Å². The van der Waals surface area contributed by atoms with Crippen molar-refractivity contribution in [2.24, 2.45) is 0 Å². The molecule has 2 amide bonds. The van der Waals surface area contributed by atoms with Crippen LogP contribution in [0.4, 0.5) is 20.6 Å². The van der Waals surface area contributed by atoms with Gasteiger partial charge in [-0.25, -0.2) is 9.18 Å². The number of hydrogen-bond acceptors (Lipinski definition) is 3. The first-order chi connectivity index (χ1) is 13.0. The Hall–Kier alpha value is -3.35. The van der Waals surface area contributed by atoms with Crippen molar-refractivity contribution in [2.75, 3.05) is 17.7 Å². The molecule has 0 saturated carbocycles. The van der Waals surface area contributed by atoms with E-state index in [0.717, 1.165) is 11.3 Å². The Balaban J connectivity index is 1.83. The topological polar surface area (TPSA) is 68.2 Å². The smallest absolute Gasteiger partial charge is 0.323 e. The molecule has 0 radical (unpaired) electrons. The maximum Gasteiger partial charge on any atom is 0.323 e. The number of nitrogens with zero attached hydrogens (tertiary/aromatic N) is 2. The van der Waals surface area contributed by atoms with Gasteiger partial charge in [-0.2, -0.15) is 5.10 Å². The summed E-state index contributed by atoms with van der Waals surface area (Å²) in [4.78, 5) is 12.2. The second kappa shape index (κ2) is 7.90. The molecule has 0 unspecified atom stereocenters. The van der Waals surface area contributed by atoms with Crippen molar-refractivity contribution in [1.82, 2.24) is 9.78 Å². The summed E-state index contributed by atoms with van der Waals surface area (Å²) in [5.74, 6) is 0.324. The van der Waals surface area contributed by atoms with Crippen molar-refractivity contribution < 1.29 is 13.9 Å². The van der Waals surface area contributed by atoms with E-state index < -0.39 is 6.03 Å². The molecule has 2 aromatic carbocycles. The van der Waals surface area contributed by atoms with Crippen LogP contribution in [0.25, 0.3) is 11.3 Å². The van der Waals surface area contributed by atoms with Gasteiger partial charge in [-0.3, -0.25) is 4.68 Å². The molecule has 1 heterocycles. The summed E-state index contributed by atoms with van der Waals surface area (Å²) in [6.45, 7) is 4.09. The Labute approximate surface area is 157 Å². The largest absolute Gasteiger partial charge is 0.496 e. The molecule has 0 aliphatic rings. The number of carbonyl (C=O) groups excluding carboxylic acids is 1. The van der Waals surface area contributed by atoms with Gasteiger partial charge in [0.2, 0.25) is 0 Å². The van der Waals surface area contributed by atoms with Gasteiger partial charge in [0.25, 0.3) is 0 Å². The van der Waals surface area contributed by atoms with Gasteiger partial charge in [-0.1, -0.05) is 0 Å². The number of rotatable bonds is 5. The van der Waals surface area contributed by atoms with Gasteiger partial charge in [0.1, 0.15) is 11.6 Å². The maximum atomic E-state index is 13.0. The van der Waals surface area contributed by atoms with Crippen LogP contribution >= 0.6 is 0 Å². The van der Waals surface area contributed by atoms with Crippen molar-refractivity contribution in [1.29, 1.82) is 0 Å². The number of nitrogens with one attached hydrogen (secondary N) is 2. The minimum absolute atomic E-state index is 0.179. The maximum absolute atomic E-state index is 13.0. The van der Waals surface area contributed by atoms with Crippen molar-refractivity contribution in [3.8, 4) is 17.0 Å². The molecule has 0 aliphatic heterocycles. The zero-order valence-electron chi connectivity index (χ0n) is 15.4. The van der Waals surface area contributed by atoms with Crippen LogP contribution in [0.5, 0.6) is 5.75 Å². The fourth-order valence-corrected chi connectivity index (χ4v) is 2.75. The molecular weight excluding hydrogens is 347 g/mol. The van der Waals surface area contributed by atoms with Crippen LogP contribution in [0.1, 0.15) is 19.9 Å². The average molecular weight is 368 g/mol. The number of methoxy groups -OCH3 is 1.